The first-order valence-electron chi connectivity index (χ1n) is 9.59. The number of hydrogen-bond acceptors (Lipinski definition) is 6. The van der Waals surface area contributed by atoms with Crippen LogP contribution in [0.3, 0.4) is 0 Å². The highest BCUT2D eigenvalue weighted by molar-refractivity contribution is 5.94. The average molecular weight is 387 g/mol. The molecule has 0 unspecified atom stereocenters. The minimum absolute atomic E-state index is 0.00493. The number of rotatable bonds is 10. The lowest BCUT2D eigenvalue weighted by Crippen LogP contribution is -2.34. The lowest BCUT2D eigenvalue weighted by atomic mass is 10.1. The molecule has 0 aliphatic carbocycles. The standard InChI is InChI=1S/C20H29N5O3/c1-5-25(6-2)14-12-21-19(27)16-7-9-17(10-8-16)20-22-18(23-28-20)11-13-24(4)15(3)26/h7-10H,5-6,11-14H2,1-4H3,(H,21,27). The summed E-state index contributed by atoms with van der Waals surface area (Å²) in [6.45, 7) is 9.65. The van der Waals surface area contributed by atoms with Crippen LogP contribution in [0.5, 0.6) is 0 Å². The van der Waals surface area contributed by atoms with Gasteiger partial charge in [0, 0.05) is 51.2 Å². The van der Waals surface area contributed by atoms with Gasteiger partial charge in [0.05, 0.1) is 0 Å². The molecule has 1 aromatic heterocycles. The molecule has 0 saturated heterocycles. The fourth-order valence-corrected chi connectivity index (χ4v) is 2.63. The van der Waals surface area contributed by atoms with Crippen LogP contribution in [0.1, 0.15) is 37.0 Å². The van der Waals surface area contributed by atoms with Gasteiger partial charge in [-0.05, 0) is 37.4 Å². The van der Waals surface area contributed by atoms with Crippen molar-refractivity contribution >= 4 is 11.8 Å². The molecule has 8 heteroatoms. The molecular formula is C20H29N5O3. The highest BCUT2D eigenvalue weighted by Crippen LogP contribution is 2.18. The summed E-state index contributed by atoms with van der Waals surface area (Å²) in [5.74, 6) is 0.835. The molecule has 0 saturated carbocycles. The zero-order valence-electron chi connectivity index (χ0n) is 17.1. The normalized spacial score (nSPS) is 10.9. The molecule has 1 N–H and O–H groups in total. The highest BCUT2D eigenvalue weighted by atomic mass is 16.5. The molecule has 0 radical (unpaired) electrons. The molecule has 0 spiro atoms. The summed E-state index contributed by atoms with van der Waals surface area (Å²) in [6.07, 6.45) is 0.520. The Bertz CT molecular complexity index is 768. The Hall–Kier alpha value is -2.74. The summed E-state index contributed by atoms with van der Waals surface area (Å²) in [6, 6.07) is 7.07. The van der Waals surface area contributed by atoms with Crippen molar-refractivity contribution in [3.63, 3.8) is 0 Å². The molecular weight excluding hydrogens is 358 g/mol. The number of nitrogens with zero attached hydrogens (tertiary/aromatic N) is 4. The number of carbonyl (C=O) groups is 2. The second-order valence-corrected chi connectivity index (χ2v) is 6.57. The maximum Gasteiger partial charge on any atom is 0.257 e. The zero-order chi connectivity index (χ0) is 20.5. The molecule has 1 heterocycles. The van der Waals surface area contributed by atoms with Crippen molar-refractivity contribution in [2.45, 2.75) is 27.2 Å². The fourth-order valence-electron chi connectivity index (χ4n) is 2.63. The van der Waals surface area contributed by atoms with Crippen LogP contribution in [0.15, 0.2) is 28.8 Å². The van der Waals surface area contributed by atoms with E-state index in [0.717, 1.165) is 25.2 Å². The molecule has 1 aromatic carbocycles. The van der Waals surface area contributed by atoms with Gasteiger partial charge >= 0.3 is 0 Å². The number of nitrogens with one attached hydrogen (secondary N) is 1. The van der Waals surface area contributed by atoms with Crippen molar-refractivity contribution in [2.75, 3.05) is 39.8 Å². The molecule has 8 nitrogen and oxygen atoms in total. The first-order chi connectivity index (χ1) is 13.4. The fraction of sp³-hybridized carbons (Fsp3) is 0.500. The summed E-state index contributed by atoms with van der Waals surface area (Å²) in [7, 11) is 1.73. The van der Waals surface area contributed by atoms with Gasteiger partial charge in [-0.3, -0.25) is 9.59 Å². The topological polar surface area (TPSA) is 91.6 Å². The van der Waals surface area contributed by atoms with E-state index in [2.05, 4.69) is 34.2 Å². The quantitative estimate of drug-likeness (QED) is 0.669. The molecule has 152 valence electrons. The Balaban J connectivity index is 1.90. The maximum absolute atomic E-state index is 12.2. The first kappa shape index (κ1) is 21.6. The lowest BCUT2D eigenvalue weighted by Gasteiger charge is -2.17. The van der Waals surface area contributed by atoms with Crippen molar-refractivity contribution in [1.29, 1.82) is 0 Å². The van der Waals surface area contributed by atoms with E-state index in [9.17, 15) is 9.59 Å². The Morgan fingerprint density at radius 2 is 1.79 bits per heavy atom. The summed E-state index contributed by atoms with van der Waals surface area (Å²) < 4.78 is 5.29. The smallest absolute Gasteiger partial charge is 0.257 e. The number of hydrogen-bond donors (Lipinski definition) is 1. The maximum atomic E-state index is 12.2. The van der Waals surface area contributed by atoms with Gasteiger partial charge in [0.25, 0.3) is 11.8 Å². The Kier molecular flexibility index (Phi) is 8.13. The van der Waals surface area contributed by atoms with Gasteiger partial charge in [-0.15, -0.1) is 0 Å². The largest absolute Gasteiger partial charge is 0.351 e. The van der Waals surface area contributed by atoms with Crippen LogP contribution in [0.25, 0.3) is 11.5 Å². The molecule has 0 aliphatic rings. The highest BCUT2D eigenvalue weighted by Gasteiger charge is 2.12. The second kappa shape index (κ2) is 10.6. The Morgan fingerprint density at radius 1 is 1.11 bits per heavy atom. The van der Waals surface area contributed by atoms with Gasteiger partial charge in [0.1, 0.15) is 0 Å². The summed E-state index contributed by atoms with van der Waals surface area (Å²) in [5, 5.41) is 6.88. The minimum atomic E-state index is -0.0998. The Labute approximate surface area is 165 Å². The number of aromatic nitrogens is 2. The van der Waals surface area contributed by atoms with E-state index in [1.165, 1.54) is 6.92 Å². The van der Waals surface area contributed by atoms with Crippen molar-refractivity contribution in [1.82, 2.24) is 25.3 Å². The SMILES string of the molecule is CCN(CC)CCNC(=O)c1ccc(-c2nc(CCN(C)C(C)=O)no2)cc1. The predicted octanol–water partition coefficient (Wildman–Crippen LogP) is 1.83. The van der Waals surface area contributed by atoms with Crippen LogP contribution < -0.4 is 5.32 Å². The van der Waals surface area contributed by atoms with Crippen molar-refractivity contribution in [3.8, 4) is 11.5 Å². The van der Waals surface area contributed by atoms with Crippen LogP contribution in [0.4, 0.5) is 0 Å². The summed E-state index contributed by atoms with van der Waals surface area (Å²) in [5.41, 5.74) is 1.34. The first-order valence-corrected chi connectivity index (χ1v) is 9.59. The third-order valence-electron chi connectivity index (χ3n) is 4.68. The van der Waals surface area contributed by atoms with Crippen LogP contribution in [0, 0.1) is 0 Å². The zero-order valence-corrected chi connectivity index (χ0v) is 17.1. The van der Waals surface area contributed by atoms with Crippen LogP contribution in [0.2, 0.25) is 0 Å². The van der Waals surface area contributed by atoms with E-state index < -0.39 is 0 Å². The molecule has 2 aromatic rings. The number of amides is 2. The predicted molar refractivity (Wildman–Crippen MR) is 107 cm³/mol. The molecule has 2 rings (SSSR count). The van der Waals surface area contributed by atoms with Gasteiger partial charge in [-0.2, -0.15) is 4.98 Å². The monoisotopic (exact) mass is 387 g/mol. The lowest BCUT2D eigenvalue weighted by molar-refractivity contribution is -0.127. The third-order valence-corrected chi connectivity index (χ3v) is 4.68. The van der Waals surface area contributed by atoms with Gasteiger partial charge in [-0.25, -0.2) is 0 Å². The average Bonchev–Trinajstić information content (AvgIpc) is 3.18. The number of benzene rings is 1. The van der Waals surface area contributed by atoms with Gasteiger partial charge in [-0.1, -0.05) is 19.0 Å². The third kappa shape index (κ3) is 6.16. The molecule has 28 heavy (non-hydrogen) atoms. The number of likely N-dealkylation sites (N-methyl/N-ethyl adjacent to an activating group) is 2. The van der Waals surface area contributed by atoms with Crippen LogP contribution >= 0.6 is 0 Å². The molecule has 0 aliphatic heterocycles. The van der Waals surface area contributed by atoms with E-state index in [-0.39, 0.29) is 11.8 Å². The molecule has 0 atom stereocenters. The molecule has 2 amide bonds. The van der Waals surface area contributed by atoms with Gasteiger partial charge in [0.2, 0.25) is 5.91 Å². The minimum Gasteiger partial charge on any atom is -0.351 e. The van der Waals surface area contributed by atoms with Crippen LogP contribution in [-0.4, -0.2) is 71.5 Å². The van der Waals surface area contributed by atoms with E-state index >= 15 is 0 Å². The van der Waals surface area contributed by atoms with Crippen molar-refractivity contribution < 1.29 is 14.1 Å². The van der Waals surface area contributed by atoms with E-state index in [0.29, 0.717) is 36.8 Å². The van der Waals surface area contributed by atoms with E-state index in [4.69, 9.17) is 4.52 Å². The second-order valence-electron chi connectivity index (χ2n) is 6.57. The van der Waals surface area contributed by atoms with Crippen molar-refractivity contribution in [2.24, 2.45) is 0 Å². The summed E-state index contributed by atoms with van der Waals surface area (Å²) in [4.78, 5) is 31.7. The van der Waals surface area contributed by atoms with E-state index in [1.807, 2.05) is 0 Å². The van der Waals surface area contributed by atoms with Gasteiger partial charge in [0.15, 0.2) is 5.82 Å². The molecule has 0 bridgehead atoms. The summed E-state index contributed by atoms with van der Waals surface area (Å²) >= 11 is 0. The van der Waals surface area contributed by atoms with E-state index in [1.54, 1.807) is 36.2 Å². The van der Waals surface area contributed by atoms with Crippen LogP contribution in [-0.2, 0) is 11.2 Å². The Morgan fingerprint density at radius 3 is 2.39 bits per heavy atom. The van der Waals surface area contributed by atoms with Gasteiger partial charge < -0.3 is 19.6 Å². The van der Waals surface area contributed by atoms with Crippen molar-refractivity contribution in [3.05, 3.63) is 35.7 Å². The number of carbonyl (C=O) groups excluding carboxylic acids is 2. The molecule has 0 fully saturated rings.